The maximum absolute atomic E-state index is 13.1. The molecule has 2 N–H and O–H groups in total. The van der Waals surface area contributed by atoms with Crippen molar-refractivity contribution in [3.63, 3.8) is 0 Å². The van der Waals surface area contributed by atoms with Crippen molar-refractivity contribution in [2.75, 3.05) is 18.4 Å². The van der Waals surface area contributed by atoms with Gasteiger partial charge in [-0.15, -0.1) is 0 Å². The van der Waals surface area contributed by atoms with E-state index in [1.54, 1.807) is 26.0 Å². The van der Waals surface area contributed by atoms with Crippen LogP contribution in [0.5, 0.6) is 0 Å². The molecule has 13 heteroatoms. The fraction of sp³-hybridized carbons (Fsp3) is 0.227. The van der Waals surface area contributed by atoms with Gasteiger partial charge >= 0.3 is 0 Å². The van der Waals surface area contributed by atoms with Gasteiger partial charge in [-0.3, -0.25) is 14.9 Å². The number of H-pyrrole nitrogens is 1. The van der Waals surface area contributed by atoms with E-state index in [0.29, 0.717) is 32.4 Å². The van der Waals surface area contributed by atoms with Crippen LogP contribution < -0.4 is 10.9 Å². The Balaban J connectivity index is 1.72. The molecule has 0 saturated heterocycles. The Bertz CT molecular complexity index is 1580. The fourth-order valence-electron chi connectivity index (χ4n) is 3.59. The number of benzene rings is 2. The Morgan fingerprint density at radius 2 is 1.91 bits per heavy atom. The van der Waals surface area contributed by atoms with Crippen LogP contribution in [-0.4, -0.2) is 47.4 Å². The van der Waals surface area contributed by atoms with Gasteiger partial charge in [0, 0.05) is 35.0 Å². The summed E-state index contributed by atoms with van der Waals surface area (Å²) in [6, 6.07) is 9.95. The van der Waals surface area contributed by atoms with Gasteiger partial charge in [-0.2, -0.15) is 13.1 Å². The van der Waals surface area contributed by atoms with E-state index in [-0.39, 0.29) is 34.1 Å². The lowest BCUT2D eigenvalue weighted by molar-refractivity contribution is 0.102. The number of nitrogens with one attached hydrogen (secondary N) is 2. The number of carbonyl (C=O) groups excluding carboxylic acids is 1. The molecular formula is C22H20F2N4O4S3. The van der Waals surface area contributed by atoms with Gasteiger partial charge in [0.1, 0.15) is 0 Å². The van der Waals surface area contributed by atoms with Crippen molar-refractivity contribution in [3.05, 3.63) is 58.4 Å². The first-order chi connectivity index (χ1) is 16.6. The predicted octanol–water partition coefficient (Wildman–Crippen LogP) is 4.74. The average molecular weight is 539 g/mol. The molecule has 0 fully saturated rings. The maximum Gasteiger partial charge on any atom is 0.288 e. The molecule has 2 heterocycles. The summed E-state index contributed by atoms with van der Waals surface area (Å²) < 4.78 is 53.1. The molecule has 4 aromatic rings. The number of thiazole rings is 1. The quantitative estimate of drug-likeness (QED) is 0.314. The number of thioether (sulfide) groups is 1. The lowest BCUT2D eigenvalue weighted by Gasteiger charge is -2.18. The SMILES string of the molecule is CCN(CC)S(=O)(=O)c1ccc2[nH]c(=O)cc(C(=O)Nc3nc4ccc(SC(F)F)cc4s3)c2c1. The van der Waals surface area contributed by atoms with Gasteiger partial charge in [-0.1, -0.05) is 36.9 Å². The largest absolute Gasteiger partial charge is 0.322 e. The molecule has 0 atom stereocenters. The van der Waals surface area contributed by atoms with Crippen LogP contribution in [0.3, 0.4) is 0 Å². The van der Waals surface area contributed by atoms with Gasteiger partial charge in [0.15, 0.2) is 5.13 Å². The first-order valence-electron chi connectivity index (χ1n) is 10.5. The molecule has 35 heavy (non-hydrogen) atoms. The highest BCUT2D eigenvalue weighted by atomic mass is 32.2. The zero-order chi connectivity index (χ0) is 25.3. The summed E-state index contributed by atoms with van der Waals surface area (Å²) in [6.07, 6.45) is 0. The monoisotopic (exact) mass is 538 g/mol. The van der Waals surface area contributed by atoms with Crippen molar-refractivity contribution in [2.24, 2.45) is 0 Å². The number of nitrogens with zero attached hydrogens (tertiary/aromatic N) is 2. The molecular weight excluding hydrogens is 518 g/mol. The normalized spacial score (nSPS) is 12.2. The van der Waals surface area contributed by atoms with Crippen molar-refractivity contribution in [3.8, 4) is 0 Å². The minimum absolute atomic E-state index is 0.00107. The number of pyridine rings is 1. The summed E-state index contributed by atoms with van der Waals surface area (Å²) in [5.74, 6) is -3.21. The summed E-state index contributed by atoms with van der Waals surface area (Å²) in [7, 11) is -3.79. The van der Waals surface area contributed by atoms with Crippen LogP contribution in [0.25, 0.3) is 21.1 Å². The van der Waals surface area contributed by atoms with Crippen molar-refractivity contribution in [1.82, 2.24) is 14.3 Å². The number of amides is 1. The maximum atomic E-state index is 13.1. The van der Waals surface area contributed by atoms with E-state index < -0.39 is 27.2 Å². The van der Waals surface area contributed by atoms with Crippen molar-refractivity contribution in [1.29, 1.82) is 0 Å². The summed E-state index contributed by atoms with van der Waals surface area (Å²) in [6.45, 7) is 4.02. The summed E-state index contributed by atoms with van der Waals surface area (Å²) in [5, 5.41) is 3.10. The smallest absolute Gasteiger partial charge is 0.288 e. The van der Waals surface area contributed by atoms with Gasteiger partial charge in [0.25, 0.3) is 11.7 Å². The van der Waals surface area contributed by atoms with Crippen LogP contribution in [0, 0.1) is 0 Å². The van der Waals surface area contributed by atoms with Gasteiger partial charge in [0.05, 0.1) is 20.7 Å². The zero-order valence-corrected chi connectivity index (χ0v) is 21.0. The van der Waals surface area contributed by atoms with Crippen molar-refractivity contribution >= 4 is 65.3 Å². The van der Waals surface area contributed by atoms with Crippen LogP contribution in [-0.2, 0) is 10.0 Å². The van der Waals surface area contributed by atoms with Crippen LogP contribution in [0.2, 0.25) is 0 Å². The summed E-state index contributed by atoms with van der Waals surface area (Å²) in [5.41, 5.74) is 0.278. The van der Waals surface area contributed by atoms with Gasteiger partial charge < -0.3 is 4.98 Å². The molecule has 2 aromatic carbocycles. The molecule has 0 bridgehead atoms. The van der Waals surface area contributed by atoms with E-state index in [0.717, 1.165) is 17.4 Å². The number of rotatable bonds is 8. The van der Waals surface area contributed by atoms with Gasteiger partial charge in [-0.05, 0) is 36.4 Å². The van der Waals surface area contributed by atoms with Crippen LogP contribution in [0.4, 0.5) is 13.9 Å². The Hall–Kier alpha value is -2.87. The van der Waals surface area contributed by atoms with E-state index in [9.17, 15) is 26.8 Å². The number of anilines is 1. The third-order valence-electron chi connectivity index (χ3n) is 5.21. The minimum atomic E-state index is -3.79. The number of hydrogen-bond acceptors (Lipinski definition) is 7. The number of hydrogen-bond donors (Lipinski definition) is 2. The second kappa shape index (κ2) is 10.0. The fourth-order valence-corrected chi connectivity index (χ4v) is 6.59. The van der Waals surface area contributed by atoms with E-state index in [2.05, 4.69) is 15.3 Å². The molecule has 4 rings (SSSR count). The lowest BCUT2D eigenvalue weighted by Crippen LogP contribution is -2.30. The van der Waals surface area contributed by atoms with E-state index >= 15 is 0 Å². The third kappa shape index (κ3) is 5.22. The number of alkyl halides is 2. The second-order valence-electron chi connectivity index (χ2n) is 7.33. The van der Waals surface area contributed by atoms with Crippen molar-refractivity contribution in [2.45, 2.75) is 29.4 Å². The Morgan fingerprint density at radius 1 is 1.17 bits per heavy atom. The molecule has 8 nitrogen and oxygen atoms in total. The van der Waals surface area contributed by atoms with Crippen molar-refractivity contribution < 1.29 is 22.0 Å². The first kappa shape index (κ1) is 25.2. The molecule has 0 aliphatic rings. The van der Waals surface area contributed by atoms with E-state index in [1.807, 2.05) is 0 Å². The standard InChI is InChI=1S/C22H20F2N4O4S3/c1-3-28(4-2)35(31,32)13-6-8-16-14(10-13)15(11-19(29)25-16)20(30)27-22-26-17-7-5-12(33-21(23)24)9-18(17)34-22/h5-11,21H,3-4H2,1-2H3,(H,25,29)(H,26,27,30). The average Bonchev–Trinajstić information content (AvgIpc) is 3.19. The molecule has 0 aliphatic heterocycles. The highest BCUT2D eigenvalue weighted by Gasteiger charge is 2.23. The summed E-state index contributed by atoms with van der Waals surface area (Å²) in [4.78, 5) is 32.6. The predicted molar refractivity (Wildman–Crippen MR) is 134 cm³/mol. The number of sulfonamides is 1. The molecule has 2 aromatic heterocycles. The highest BCUT2D eigenvalue weighted by Crippen LogP contribution is 2.33. The van der Waals surface area contributed by atoms with E-state index in [4.69, 9.17) is 0 Å². The van der Waals surface area contributed by atoms with Crippen LogP contribution in [0.15, 0.2) is 57.1 Å². The molecule has 1 amide bonds. The molecule has 184 valence electrons. The first-order valence-corrected chi connectivity index (χ1v) is 13.6. The minimum Gasteiger partial charge on any atom is -0.322 e. The summed E-state index contributed by atoms with van der Waals surface area (Å²) >= 11 is 1.51. The molecule has 0 saturated carbocycles. The van der Waals surface area contributed by atoms with Crippen LogP contribution in [0.1, 0.15) is 24.2 Å². The number of aromatic nitrogens is 2. The van der Waals surface area contributed by atoms with Gasteiger partial charge in [-0.25, -0.2) is 13.4 Å². The number of halogens is 2. The number of fused-ring (bicyclic) bond motifs is 2. The topological polar surface area (TPSA) is 112 Å². The third-order valence-corrected chi connectivity index (χ3v) is 8.89. The number of carbonyl (C=O) groups is 1. The second-order valence-corrected chi connectivity index (χ2v) is 11.4. The zero-order valence-electron chi connectivity index (χ0n) is 18.5. The Labute approximate surface area is 207 Å². The van der Waals surface area contributed by atoms with Gasteiger partial charge in [0.2, 0.25) is 15.6 Å². The molecule has 0 radical (unpaired) electrons. The Kier molecular flexibility index (Phi) is 7.22. The molecule has 0 aliphatic carbocycles. The molecule has 0 unspecified atom stereocenters. The molecule has 0 spiro atoms. The highest BCUT2D eigenvalue weighted by molar-refractivity contribution is 7.99. The van der Waals surface area contributed by atoms with Crippen LogP contribution >= 0.6 is 23.1 Å². The Morgan fingerprint density at radius 3 is 2.60 bits per heavy atom. The lowest BCUT2D eigenvalue weighted by atomic mass is 10.1. The number of aromatic amines is 1. The van der Waals surface area contributed by atoms with E-state index in [1.165, 1.54) is 28.6 Å².